The maximum absolute atomic E-state index is 11.9. The molecular weight excluding hydrogens is 228 g/mol. The Morgan fingerprint density at radius 3 is 2.67 bits per heavy atom. The minimum Gasteiger partial charge on any atom is -0.619 e. The lowest BCUT2D eigenvalue weighted by molar-refractivity contribution is -0.605. The zero-order valence-corrected chi connectivity index (χ0v) is 10.1. The summed E-state index contributed by atoms with van der Waals surface area (Å²) >= 11 is 0. The number of nitrogens with one attached hydrogen (secondary N) is 1. The van der Waals surface area contributed by atoms with Crippen molar-refractivity contribution in [1.82, 2.24) is 5.32 Å². The van der Waals surface area contributed by atoms with E-state index >= 15 is 0 Å². The van der Waals surface area contributed by atoms with E-state index in [1.807, 2.05) is 25.1 Å². The number of hydrogen-bond donors (Lipinski definition) is 1. The minimum absolute atomic E-state index is 0.113. The summed E-state index contributed by atoms with van der Waals surface area (Å²) in [5.41, 5.74) is 2.59. The van der Waals surface area contributed by atoms with Crippen molar-refractivity contribution in [2.45, 2.75) is 13.5 Å². The van der Waals surface area contributed by atoms with Gasteiger partial charge in [0.05, 0.1) is 0 Å². The van der Waals surface area contributed by atoms with Crippen molar-refractivity contribution in [1.29, 1.82) is 0 Å². The Kier molecular flexibility index (Phi) is 3.57. The molecule has 0 aliphatic rings. The van der Waals surface area contributed by atoms with Gasteiger partial charge < -0.3 is 10.5 Å². The summed E-state index contributed by atoms with van der Waals surface area (Å²) in [7, 11) is 0. The maximum atomic E-state index is 11.9. The summed E-state index contributed by atoms with van der Waals surface area (Å²) in [5, 5.41) is 13.7. The predicted molar refractivity (Wildman–Crippen MR) is 67.8 cm³/mol. The molecule has 0 aliphatic carbocycles. The fourth-order valence-corrected chi connectivity index (χ4v) is 1.63. The molecule has 0 atom stereocenters. The molecule has 0 aliphatic heterocycles. The van der Waals surface area contributed by atoms with Crippen LogP contribution in [0.5, 0.6) is 0 Å². The fourth-order valence-electron chi connectivity index (χ4n) is 1.63. The monoisotopic (exact) mass is 242 g/mol. The van der Waals surface area contributed by atoms with Gasteiger partial charge in [-0.05, 0) is 24.6 Å². The van der Waals surface area contributed by atoms with Gasteiger partial charge >= 0.3 is 0 Å². The Bertz CT molecular complexity index is 550. The molecule has 0 saturated carbocycles. The quantitative estimate of drug-likeness (QED) is 0.656. The van der Waals surface area contributed by atoms with Crippen molar-refractivity contribution in [3.8, 4) is 0 Å². The largest absolute Gasteiger partial charge is 0.619 e. The van der Waals surface area contributed by atoms with Crippen molar-refractivity contribution in [2.24, 2.45) is 0 Å². The van der Waals surface area contributed by atoms with E-state index in [1.54, 1.807) is 18.2 Å². The molecule has 1 aromatic heterocycles. The van der Waals surface area contributed by atoms with E-state index < -0.39 is 0 Å². The van der Waals surface area contributed by atoms with Crippen LogP contribution >= 0.6 is 0 Å². The van der Waals surface area contributed by atoms with Gasteiger partial charge in [0.25, 0.3) is 5.91 Å². The average molecular weight is 242 g/mol. The van der Waals surface area contributed by atoms with Crippen molar-refractivity contribution < 1.29 is 9.52 Å². The number of nitrogens with zero attached hydrogens (tertiary/aromatic N) is 1. The number of aromatic nitrogens is 1. The molecule has 1 amide bonds. The summed E-state index contributed by atoms with van der Waals surface area (Å²) in [4.78, 5) is 11.9. The summed E-state index contributed by atoms with van der Waals surface area (Å²) < 4.78 is 0.714. The summed E-state index contributed by atoms with van der Waals surface area (Å²) in [6.07, 6.45) is 2.82. The van der Waals surface area contributed by atoms with Crippen LogP contribution in [-0.4, -0.2) is 5.91 Å². The number of carbonyl (C=O) groups excluding carboxylic acids is 1. The van der Waals surface area contributed by atoms with E-state index in [2.05, 4.69) is 5.32 Å². The zero-order valence-electron chi connectivity index (χ0n) is 10.1. The second-order valence-electron chi connectivity index (χ2n) is 4.12. The van der Waals surface area contributed by atoms with Gasteiger partial charge in [0.1, 0.15) is 0 Å². The van der Waals surface area contributed by atoms with Crippen molar-refractivity contribution in [3.05, 3.63) is 70.7 Å². The molecule has 0 radical (unpaired) electrons. The molecule has 18 heavy (non-hydrogen) atoms. The highest BCUT2D eigenvalue weighted by Gasteiger charge is 2.05. The third-order valence-electron chi connectivity index (χ3n) is 2.60. The van der Waals surface area contributed by atoms with E-state index in [-0.39, 0.29) is 5.91 Å². The van der Waals surface area contributed by atoms with Gasteiger partial charge in [-0.1, -0.05) is 17.7 Å². The number of aryl methyl sites for hydroxylation is 1. The van der Waals surface area contributed by atoms with Gasteiger partial charge in [-0.15, -0.1) is 0 Å². The highest BCUT2D eigenvalue weighted by molar-refractivity contribution is 5.94. The first-order valence-corrected chi connectivity index (χ1v) is 5.68. The van der Waals surface area contributed by atoms with Gasteiger partial charge in [0.2, 0.25) is 0 Å². The molecule has 0 spiro atoms. The molecule has 1 aromatic carbocycles. The highest BCUT2D eigenvalue weighted by atomic mass is 16.5. The summed E-state index contributed by atoms with van der Waals surface area (Å²) in [5.74, 6) is -0.113. The van der Waals surface area contributed by atoms with Gasteiger partial charge in [-0.3, -0.25) is 4.79 Å². The second kappa shape index (κ2) is 5.31. The molecular formula is C14H14N2O2. The van der Waals surface area contributed by atoms with Crippen molar-refractivity contribution in [2.75, 3.05) is 0 Å². The Labute approximate surface area is 105 Å². The number of amides is 1. The normalized spacial score (nSPS) is 10.1. The van der Waals surface area contributed by atoms with Crippen LogP contribution in [0.2, 0.25) is 0 Å². The smallest absolute Gasteiger partial charge is 0.251 e. The molecule has 4 heteroatoms. The third-order valence-corrected chi connectivity index (χ3v) is 2.60. The van der Waals surface area contributed by atoms with E-state index in [0.717, 1.165) is 11.1 Å². The van der Waals surface area contributed by atoms with E-state index in [1.165, 1.54) is 12.4 Å². The number of carbonyl (C=O) groups is 1. The second-order valence-corrected chi connectivity index (χ2v) is 4.12. The van der Waals surface area contributed by atoms with E-state index in [0.29, 0.717) is 16.8 Å². The maximum Gasteiger partial charge on any atom is 0.251 e. The highest BCUT2D eigenvalue weighted by Crippen LogP contribution is 2.04. The molecule has 0 unspecified atom stereocenters. The van der Waals surface area contributed by atoms with Crippen LogP contribution in [0.1, 0.15) is 21.5 Å². The first-order chi connectivity index (χ1) is 8.65. The lowest BCUT2D eigenvalue weighted by atomic mass is 10.1. The minimum atomic E-state index is -0.113. The van der Waals surface area contributed by atoms with Gasteiger partial charge in [0, 0.05) is 24.2 Å². The summed E-state index contributed by atoms with van der Waals surface area (Å²) in [6, 6.07) is 10.8. The Balaban J connectivity index is 1.98. The number of benzene rings is 1. The SMILES string of the molecule is Cc1cccc(C(=O)NCc2cc[n+]([O-])cc2)c1. The molecule has 4 nitrogen and oxygen atoms in total. The molecule has 0 bridgehead atoms. The lowest BCUT2D eigenvalue weighted by Crippen LogP contribution is -2.26. The van der Waals surface area contributed by atoms with Crippen LogP contribution in [0.15, 0.2) is 48.8 Å². The number of hydrogen-bond acceptors (Lipinski definition) is 2. The molecule has 0 saturated heterocycles. The Morgan fingerprint density at radius 2 is 2.00 bits per heavy atom. The average Bonchev–Trinajstić information content (AvgIpc) is 2.38. The van der Waals surface area contributed by atoms with Gasteiger partial charge in [0.15, 0.2) is 12.4 Å². The van der Waals surface area contributed by atoms with Crippen molar-refractivity contribution >= 4 is 5.91 Å². The van der Waals surface area contributed by atoms with Crippen LogP contribution in [0.25, 0.3) is 0 Å². The van der Waals surface area contributed by atoms with Crippen LogP contribution < -0.4 is 10.0 Å². The third kappa shape index (κ3) is 3.07. The van der Waals surface area contributed by atoms with Crippen LogP contribution in [0, 0.1) is 12.1 Å². The standard InChI is InChI=1S/C14H14N2O2/c1-11-3-2-4-13(9-11)14(17)15-10-12-5-7-16(18)8-6-12/h2-9H,10H2,1H3,(H,15,17). The topological polar surface area (TPSA) is 56.0 Å². The van der Waals surface area contributed by atoms with Crippen LogP contribution in [0.4, 0.5) is 0 Å². The zero-order chi connectivity index (χ0) is 13.0. The lowest BCUT2D eigenvalue weighted by Gasteiger charge is -2.05. The Hall–Kier alpha value is -2.36. The molecule has 2 rings (SSSR count). The first-order valence-electron chi connectivity index (χ1n) is 5.68. The number of pyridine rings is 1. The van der Waals surface area contributed by atoms with E-state index in [4.69, 9.17) is 0 Å². The predicted octanol–water partition coefficient (Wildman–Crippen LogP) is 1.56. The molecule has 92 valence electrons. The molecule has 2 aromatic rings. The molecule has 1 N–H and O–H groups in total. The Morgan fingerprint density at radius 1 is 1.28 bits per heavy atom. The van der Waals surface area contributed by atoms with Crippen molar-refractivity contribution in [3.63, 3.8) is 0 Å². The van der Waals surface area contributed by atoms with E-state index in [9.17, 15) is 10.0 Å². The summed E-state index contributed by atoms with van der Waals surface area (Å²) in [6.45, 7) is 2.36. The number of rotatable bonds is 3. The molecule has 0 fully saturated rings. The molecule has 1 heterocycles. The van der Waals surface area contributed by atoms with Crippen LogP contribution in [0.3, 0.4) is 0 Å². The first kappa shape index (κ1) is 12.1. The van der Waals surface area contributed by atoms with Gasteiger partial charge in [-0.25, -0.2) is 0 Å². The van der Waals surface area contributed by atoms with Gasteiger partial charge in [-0.2, -0.15) is 4.73 Å². The fraction of sp³-hybridized carbons (Fsp3) is 0.143. The van der Waals surface area contributed by atoms with Crippen LogP contribution in [-0.2, 0) is 6.54 Å².